The first-order chi connectivity index (χ1) is 16.8. The Balaban J connectivity index is 1.35. The van der Waals surface area contributed by atoms with Crippen LogP contribution < -0.4 is 10.6 Å². The van der Waals surface area contributed by atoms with Gasteiger partial charge in [0.15, 0.2) is 0 Å². The molecule has 35 heavy (non-hydrogen) atoms. The summed E-state index contributed by atoms with van der Waals surface area (Å²) in [5.41, 5.74) is 3.66. The van der Waals surface area contributed by atoms with Crippen molar-refractivity contribution in [2.45, 2.75) is 49.6 Å². The molecule has 1 saturated carbocycles. The number of alkyl carbamates (subject to hydrolysis) is 1. The Labute approximate surface area is 202 Å². The first kappa shape index (κ1) is 24.3. The van der Waals surface area contributed by atoms with E-state index in [1.54, 1.807) is 0 Å². The highest BCUT2D eigenvalue weighted by Gasteiger charge is 2.42. The summed E-state index contributed by atoms with van der Waals surface area (Å²) in [5.74, 6) is -2.73. The molecule has 0 aromatic heterocycles. The Morgan fingerprint density at radius 1 is 1.03 bits per heavy atom. The summed E-state index contributed by atoms with van der Waals surface area (Å²) in [6.45, 7) is 0.155. The Morgan fingerprint density at radius 2 is 1.63 bits per heavy atom. The smallest absolute Gasteiger partial charge is 0.407 e. The monoisotopic (exact) mass is 480 g/mol. The third kappa shape index (κ3) is 5.29. The van der Waals surface area contributed by atoms with Crippen LogP contribution in [0.25, 0.3) is 11.1 Å². The van der Waals surface area contributed by atoms with Crippen LogP contribution in [0.15, 0.2) is 48.5 Å². The van der Waals surface area contributed by atoms with Gasteiger partial charge in [-0.3, -0.25) is 9.59 Å². The van der Waals surface area contributed by atoms with Crippen LogP contribution in [-0.2, 0) is 23.9 Å². The van der Waals surface area contributed by atoms with E-state index >= 15 is 0 Å². The third-order valence-electron chi connectivity index (χ3n) is 6.75. The van der Waals surface area contributed by atoms with Crippen molar-refractivity contribution in [1.82, 2.24) is 10.6 Å². The topological polar surface area (TPSA) is 131 Å². The van der Waals surface area contributed by atoms with Crippen LogP contribution in [0.5, 0.6) is 0 Å². The number of amides is 2. The van der Waals surface area contributed by atoms with Crippen molar-refractivity contribution in [3.8, 4) is 11.1 Å². The van der Waals surface area contributed by atoms with E-state index in [2.05, 4.69) is 27.5 Å². The first-order valence-corrected chi connectivity index (χ1v) is 11.5. The van der Waals surface area contributed by atoms with Crippen molar-refractivity contribution in [1.29, 1.82) is 0 Å². The number of fused-ring (bicyclic) bond motifs is 3. The van der Waals surface area contributed by atoms with E-state index < -0.39 is 41.9 Å². The van der Waals surface area contributed by atoms with Gasteiger partial charge in [0.2, 0.25) is 5.91 Å². The quantitative estimate of drug-likeness (QED) is 0.470. The molecular formula is C26H28N2O7. The van der Waals surface area contributed by atoms with Gasteiger partial charge in [-0.2, -0.15) is 0 Å². The van der Waals surface area contributed by atoms with Crippen molar-refractivity contribution in [2.75, 3.05) is 13.7 Å². The van der Waals surface area contributed by atoms with E-state index in [1.165, 1.54) is 0 Å². The highest BCUT2D eigenvalue weighted by molar-refractivity contribution is 5.88. The predicted octanol–water partition coefficient (Wildman–Crippen LogP) is 2.97. The molecule has 9 nitrogen and oxygen atoms in total. The van der Waals surface area contributed by atoms with Gasteiger partial charge in [0.1, 0.15) is 12.6 Å². The van der Waals surface area contributed by atoms with Gasteiger partial charge in [-0.25, -0.2) is 9.59 Å². The number of carbonyl (C=O) groups is 4. The van der Waals surface area contributed by atoms with Gasteiger partial charge in [0.05, 0.1) is 19.1 Å². The summed E-state index contributed by atoms with van der Waals surface area (Å²) in [5, 5.41) is 14.5. The normalized spacial score (nSPS) is 16.1. The number of hydrogen-bond donors (Lipinski definition) is 3. The lowest BCUT2D eigenvalue weighted by molar-refractivity contribution is -0.149. The number of hydrogen-bond acceptors (Lipinski definition) is 6. The van der Waals surface area contributed by atoms with Crippen LogP contribution in [0.3, 0.4) is 0 Å². The number of ether oxygens (including phenoxy) is 2. The van der Waals surface area contributed by atoms with Gasteiger partial charge in [0.25, 0.3) is 0 Å². The van der Waals surface area contributed by atoms with E-state index in [-0.39, 0.29) is 18.9 Å². The Kier molecular flexibility index (Phi) is 7.04. The molecule has 0 heterocycles. The molecule has 0 bridgehead atoms. The second kappa shape index (κ2) is 10.2. The van der Waals surface area contributed by atoms with Crippen LogP contribution in [0.2, 0.25) is 0 Å². The fourth-order valence-electron chi connectivity index (χ4n) is 4.80. The number of carbonyl (C=O) groups excluding carboxylic acids is 3. The molecule has 9 heteroatoms. The lowest BCUT2D eigenvalue weighted by Crippen LogP contribution is -2.57. The maximum atomic E-state index is 12.7. The van der Waals surface area contributed by atoms with Crippen molar-refractivity contribution in [2.24, 2.45) is 0 Å². The molecule has 2 aliphatic rings. The zero-order valence-corrected chi connectivity index (χ0v) is 19.4. The molecule has 0 saturated heterocycles. The SMILES string of the molecule is COC(=O)C[C@@H](NC(=O)CC1(NC(=O)OCC2c3ccccc3-c3ccccc32)CCC1)C(=O)O. The van der Waals surface area contributed by atoms with E-state index in [9.17, 15) is 24.3 Å². The minimum Gasteiger partial charge on any atom is -0.480 e. The van der Waals surface area contributed by atoms with Gasteiger partial charge in [0, 0.05) is 12.3 Å². The molecule has 1 fully saturated rings. The largest absolute Gasteiger partial charge is 0.480 e. The molecule has 0 radical (unpaired) electrons. The van der Waals surface area contributed by atoms with Crippen molar-refractivity contribution in [3.63, 3.8) is 0 Å². The van der Waals surface area contributed by atoms with Gasteiger partial charge in [-0.05, 0) is 41.5 Å². The van der Waals surface area contributed by atoms with Gasteiger partial charge < -0.3 is 25.2 Å². The summed E-state index contributed by atoms with van der Waals surface area (Å²) >= 11 is 0. The van der Waals surface area contributed by atoms with E-state index in [1.807, 2.05) is 36.4 Å². The van der Waals surface area contributed by atoms with Crippen LogP contribution >= 0.6 is 0 Å². The number of aliphatic carboxylic acids is 1. The zero-order valence-electron chi connectivity index (χ0n) is 19.4. The minimum absolute atomic E-state index is 0.0802. The number of carboxylic acids is 1. The standard InChI is InChI=1S/C26H28N2O7/c1-34-23(30)13-21(24(31)32)27-22(29)14-26(11-6-12-26)28-25(33)35-15-20-18-9-4-2-7-16(18)17-8-3-5-10-19(17)20/h2-5,7-10,20-21H,6,11-15H2,1H3,(H,27,29)(H,28,33)(H,31,32)/t21-/m1/s1. The molecule has 4 rings (SSSR count). The van der Waals surface area contributed by atoms with Gasteiger partial charge in [-0.15, -0.1) is 0 Å². The Morgan fingerprint density at radius 3 is 2.14 bits per heavy atom. The molecule has 2 amide bonds. The maximum Gasteiger partial charge on any atom is 0.407 e. The summed E-state index contributed by atoms with van der Waals surface area (Å²) in [6.07, 6.45) is 0.746. The van der Waals surface area contributed by atoms with Crippen molar-refractivity contribution >= 4 is 23.9 Å². The number of esters is 1. The number of methoxy groups -OCH3 is 1. The second-order valence-electron chi connectivity index (χ2n) is 9.00. The number of benzene rings is 2. The van der Waals surface area contributed by atoms with Crippen LogP contribution in [0, 0.1) is 0 Å². The molecule has 0 spiro atoms. The first-order valence-electron chi connectivity index (χ1n) is 11.5. The lowest BCUT2D eigenvalue weighted by atomic mass is 9.74. The van der Waals surface area contributed by atoms with Crippen molar-refractivity contribution < 1.29 is 33.8 Å². The number of rotatable bonds is 9. The molecule has 184 valence electrons. The van der Waals surface area contributed by atoms with E-state index in [0.29, 0.717) is 12.8 Å². The maximum absolute atomic E-state index is 12.7. The minimum atomic E-state index is -1.40. The predicted molar refractivity (Wildman–Crippen MR) is 126 cm³/mol. The van der Waals surface area contributed by atoms with Crippen LogP contribution in [0.4, 0.5) is 4.79 Å². The molecule has 1 atom stereocenters. The molecular weight excluding hydrogens is 452 g/mol. The summed E-state index contributed by atoms with van der Waals surface area (Å²) in [7, 11) is 1.14. The fourth-order valence-corrected chi connectivity index (χ4v) is 4.80. The van der Waals surface area contributed by atoms with Crippen LogP contribution in [0.1, 0.15) is 49.1 Å². The Bertz CT molecular complexity index is 1100. The third-order valence-corrected chi connectivity index (χ3v) is 6.75. The molecule has 2 aromatic carbocycles. The molecule has 3 N–H and O–H groups in total. The number of nitrogens with one attached hydrogen (secondary N) is 2. The van der Waals surface area contributed by atoms with Crippen LogP contribution in [-0.4, -0.2) is 54.3 Å². The fraction of sp³-hybridized carbons (Fsp3) is 0.385. The van der Waals surface area contributed by atoms with Crippen molar-refractivity contribution in [3.05, 3.63) is 59.7 Å². The lowest BCUT2D eigenvalue weighted by Gasteiger charge is -2.41. The molecule has 0 aliphatic heterocycles. The molecule has 2 aromatic rings. The average Bonchev–Trinajstić information content (AvgIpc) is 3.14. The second-order valence-corrected chi connectivity index (χ2v) is 9.00. The summed E-state index contributed by atoms with van der Waals surface area (Å²) in [4.78, 5) is 48.1. The molecule has 2 aliphatic carbocycles. The highest BCUT2D eigenvalue weighted by Crippen LogP contribution is 2.44. The van der Waals surface area contributed by atoms with E-state index in [0.717, 1.165) is 35.8 Å². The summed E-state index contributed by atoms with van der Waals surface area (Å²) < 4.78 is 10.1. The van der Waals surface area contributed by atoms with Gasteiger partial charge >= 0.3 is 18.0 Å². The summed E-state index contributed by atoms with van der Waals surface area (Å²) in [6, 6.07) is 14.7. The average molecular weight is 481 g/mol. The zero-order chi connectivity index (χ0) is 25.0. The van der Waals surface area contributed by atoms with Gasteiger partial charge in [-0.1, -0.05) is 48.5 Å². The molecule has 0 unspecified atom stereocenters. The van der Waals surface area contributed by atoms with E-state index in [4.69, 9.17) is 4.74 Å². The number of carboxylic acid groups (broad SMARTS) is 1. The Hall–Kier alpha value is -3.88. The highest BCUT2D eigenvalue weighted by atomic mass is 16.5.